The molecule has 1 aliphatic rings. The number of benzene rings is 1. The van der Waals surface area contributed by atoms with Crippen LogP contribution in [0.2, 0.25) is 0 Å². The zero-order valence-corrected chi connectivity index (χ0v) is 26.5. The van der Waals surface area contributed by atoms with Crippen LogP contribution in [-0.2, 0) is 14.3 Å². The Morgan fingerprint density at radius 1 is 1.20 bits per heavy atom. The lowest BCUT2D eigenvalue weighted by Crippen LogP contribution is -2.47. The maximum Gasteiger partial charge on any atom is 0.410 e. The molecule has 0 aliphatic carbocycles. The highest BCUT2D eigenvalue weighted by Crippen LogP contribution is 2.23. The molecular formula is C32H46N8O4. The van der Waals surface area contributed by atoms with Crippen LogP contribution in [0, 0.1) is 17.3 Å². The van der Waals surface area contributed by atoms with E-state index >= 15 is 0 Å². The van der Waals surface area contributed by atoms with Crippen molar-refractivity contribution < 1.29 is 19.1 Å². The van der Waals surface area contributed by atoms with Crippen LogP contribution >= 0.6 is 0 Å². The molecule has 1 aromatic carbocycles. The smallest absolute Gasteiger partial charge is 0.410 e. The summed E-state index contributed by atoms with van der Waals surface area (Å²) in [5.74, 6) is 7.23. The quantitative estimate of drug-likeness (QED) is 0.117. The second-order valence-corrected chi connectivity index (χ2v) is 11.4. The highest BCUT2D eigenvalue weighted by molar-refractivity contribution is 5.88. The summed E-state index contributed by atoms with van der Waals surface area (Å²) in [7, 11) is 1.65. The van der Waals surface area contributed by atoms with E-state index in [1.165, 1.54) is 11.1 Å². The number of aromatic nitrogens is 2. The van der Waals surface area contributed by atoms with Gasteiger partial charge in [0.2, 0.25) is 11.9 Å². The maximum absolute atomic E-state index is 12.8. The minimum Gasteiger partial charge on any atom is -0.444 e. The fourth-order valence-corrected chi connectivity index (χ4v) is 4.48. The highest BCUT2D eigenvalue weighted by atomic mass is 16.6. The first-order chi connectivity index (χ1) is 21.1. The lowest BCUT2D eigenvalue weighted by Gasteiger charge is -2.28. The summed E-state index contributed by atoms with van der Waals surface area (Å²) in [6.07, 6.45) is 6.12. The monoisotopic (exact) mass is 606 g/mol. The number of anilines is 4. The number of hydrogen-bond acceptors (Lipinski definition) is 10. The van der Waals surface area contributed by atoms with Crippen LogP contribution in [0.3, 0.4) is 0 Å². The summed E-state index contributed by atoms with van der Waals surface area (Å²) in [4.78, 5) is 35.9. The van der Waals surface area contributed by atoms with Crippen molar-refractivity contribution in [1.82, 2.24) is 20.2 Å². The highest BCUT2D eigenvalue weighted by Gasteiger charge is 2.36. The second-order valence-electron chi connectivity index (χ2n) is 11.4. The first kappa shape index (κ1) is 34.1. The number of ether oxygens (including phenoxy) is 2. The van der Waals surface area contributed by atoms with E-state index in [-0.39, 0.29) is 5.91 Å². The molecular weight excluding hydrogens is 560 g/mol. The van der Waals surface area contributed by atoms with Crippen molar-refractivity contribution in [3.05, 3.63) is 35.5 Å². The van der Waals surface area contributed by atoms with Gasteiger partial charge in [0.1, 0.15) is 17.5 Å². The molecule has 1 aromatic heterocycles. The van der Waals surface area contributed by atoms with Gasteiger partial charge in [-0.15, -0.1) is 0 Å². The number of nitrogens with one attached hydrogen (secondary N) is 5. The number of carbonyl (C=O) groups is 2. The third-order valence-corrected chi connectivity index (χ3v) is 6.60. The van der Waals surface area contributed by atoms with E-state index in [9.17, 15) is 9.59 Å². The molecule has 0 saturated carbocycles. The summed E-state index contributed by atoms with van der Waals surface area (Å²) in [5.41, 5.74) is 2.45. The Labute approximate surface area is 260 Å². The average molecular weight is 607 g/mol. The molecule has 1 atom stereocenters. The average Bonchev–Trinajstić information content (AvgIpc) is 3.49. The van der Waals surface area contributed by atoms with Gasteiger partial charge in [-0.25, -0.2) is 9.78 Å². The lowest BCUT2D eigenvalue weighted by atomic mass is 10.1. The Morgan fingerprint density at radius 2 is 2.02 bits per heavy atom. The molecule has 12 nitrogen and oxygen atoms in total. The predicted molar refractivity (Wildman–Crippen MR) is 174 cm³/mol. The number of rotatable bonds is 14. The third-order valence-electron chi connectivity index (χ3n) is 6.60. The van der Waals surface area contributed by atoms with E-state index in [0.717, 1.165) is 36.3 Å². The summed E-state index contributed by atoms with van der Waals surface area (Å²) < 4.78 is 10.6. The van der Waals surface area contributed by atoms with Crippen molar-refractivity contribution in [2.75, 3.05) is 55.8 Å². The SMILES string of the molecule is CCCNc1nc(Nc2ccc(C=N)c(NCCOC)c2)ncc1C#CCCCNC(=O)[C@@H]1CCCN1C(=O)OC(C)(C)C. The van der Waals surface area contributed by atoms with Crippen LogP contribution in [-0.4, -0.2) is 84.6 Å². The van der Waals surface area contributed by atoms with Gasteiger partial charge in [0.25, 0.3) is 0 Å². The number of hydrogen-bond donors (Lipinski definition) is 5. The van der Waals surface area contributed by atoms with Gasteiger partial charge in [-0.3, -0.25) is 9.69 Å². The molecule has 44 heavy (non-hydrogen) atoms. The minimum atomic E-state index is -0.604. The van der Waals surface area contributed by atoms with Crippen molar-refractivity contribution in [2.45, 2.75) is 71.4 Å². The number of amides is 2. The van der Waals surface area contributed by atoms with Crippen LogP contribution in [0.15, 0.2) is 24.4 Å². The predicted octanol–water partition coefficient (Wildman–Crippen LogP) is 4.75. The van der Waals surface area contributed by atoms with Gasteiger partial charge in [0.15, 0.2) is 0 Å². The van der Waals surface area contributed by atoms with E-state index in [1.807, 2.05) is 39.0 Å². The molecule has 3 rings (SSSR count). The fraction of sp³-hybridized carbons (Fsp3) is 0.531. The van der Waals surface area contributed by atoms with Gasteiger partial charge in [0, 0.05) is 62.9 Å². The molecule has 0 unspecified atom stereocenters. The van der Waals surface area contributed by atoms with Gasteiger partial charge >= 0.3 is 6.09 Å². The Kier molecular flexibility index (Phi) is 13.2. The number of nitrogens with zero attached hydrogens (tertiary/aromatic N) is 3. The number of methoxy groups -OCH3 is 1. The van der Waals surface area contributed by atoms with E-state index in [2.05, 4.69) is 50.0 Å². The van der Waals surface area contributed by atoms with Crippen molar-refractivity contribution in [1.29, 1.82) is 5.41 Å². The second kappa shape index (κ2) is 17.1. The largest absolute Gasteiger partial charge is 0.444 e. The summed E-state index contributed by atoms with van der Waals surface area (Å²) >= 11 is 0. The zero-order chi connectivity index (χ0) is 32.0. The Hall–Kier alpha value is -4.37. The standard InChI is InChI=1S/C32H46N8O4/c1-6-15-35-28-24(22-37-30(39-28)38-25-14-13-23(21-33)26(20-25)34-17-19-43-5)11-8-7-9-16-36-29(41)27-12-10-18-40(27)31(42)44-32(2,3)4/h13-14,20-22,27,33-34H,6-7,9-10,12,15-19H2,1-5H3,(H,36,41)(H2,35,37,38,39)/t27-/m0/s1. The van der Waals surface area contributed by atoms with E-state index in [0.29, 0.717) is 62.8 Å². The fourth-order valence-electron chi connectivity index (χ4n) is 4.48. The van der Waals surface area contributed by atoms with E-state index in [1.54, 1.807) is 13.3 Å². The van der Waals surface area contributed by atoms with Gasteiger partial charge in [-0.2, -0.15) is 4.98 Å². The van der Waals surface area contributed by atoms with Crippen molar-refractivity contribution >= 4 is 41.4 Å². The minimum absolute atomic E-state index is 0.158. The molecule has 0 radical (unpaired) electrons. The van der Waals surface area contributed by atoms with E-state index < -0.39 is 17.7 Å². The van der Waals surface area contributed by atoms with Crippen molar-refractivity contribution in [3.8, 4) is 11.8 Å². The molecule has 12 heteroatoms. The number of carbonyl (C=O) groups excluding carboxylic acids is 2. The van der Waals surface area contributed by atoms with Gasteiger partial charge in [0.05, 0.1) is 18.4 Å². The molecule has 2 heterocycles. The molecule has 2 amide bonds. The Morgan fingerprint density at radius 3 is 2.75 bits per heavy atom. The van der Waals surface area contributed by atoms with Crippen LogP contribution in [0.1, 0.15) is 70.9 Å². The molecule has 0 bridgehead atoms. The van der Waals surface area contributed by atoms with Crippen molar-refractivity contribution in [3.63, 3.8) is 0 Å². The lowest BCUT2D eigenvalue weighted by molar-refractivity contribution is -0.125. The summed E-state index contributed by atoms with van der Waals surface area (Å²) in [6, 6.07) is 5.14. The van der Waals surface area contributed by atoms with E-state index in [4.69, 9.17) is 14.9 Å². The zero-order valence-electron chi connectivity index (χ0n) is 26.5. The van der Waals surface area contributed by atoms with Crippen LogP contribution < -0.4 is 21.3 Å². The Bertz CT molecular complexity index is 1330. The topological polar surface area (TPSA) is 154 Å². The van der Waals surface area contributed by atoms with Gasteiger partial charge in [-0.05, 0) is 64.7 Å². The maximum atomic E-state index is 12.8. The first-order valence-corrected chi connectivity index (χ1v) is 15.2. The Balaban J connectivity index is 1.56. The molecule has 2 aromatic rings. The van der Waals surface area contributed by atoms with Crippen LogP contribution in [0.4, 0.5) is 27.9 Å². The van der Waals surface area contributed by atoms with Crippen molar-refractivity contribution in [2.24, 2.45) is 0 Å². The molecule has 5 N–H and O–H groups in total. The molecule has 0 spiro atoms. The number of likely N-dealkylation sites (tertiary alicyclic amines) is 1. The normalized spacial score (nSPS) is 14.3. The first-order valence-electron chi connectivity index (χ1n) is 15.2. The van der Waals surface area contributed by atoms with Gasteiger partial charge < -0.3 is 36.2 Å². The third kappa shape index (κ3) is 10.7. The molecule has 1 saturated heterocycles. The van der Waals surface area contributed by atoms with Gasteiger partial charge in [-0.1, -0.05) is 18.8 Å². The molecule has 1 aliphatic heterocycles. The molecule has 238 valence electrons. The van der Waals surface area contributed by atoms with Crippen LogP contribution in [0.25, 0.3) is 0 Å². The molecule has 1 fully saturated rings. The number of unbranched alkanes of at least 4 members (excludes halogenated alkanes) is 1. The van der Waals surface area contributed by atoms with Crippen LogP contribution in [0.5, 0.6) is 0 Å². The summed E-state index contributed by atoms with van der Waals surface area (Å²) in [6.45, 7) is 10.4. The summed E-state index contributed by atoms with van der Waals surface area (Å²) in [5, 5.41) is 20.5.